The van der Waals surface area contributed by atoms with Crippen molar-refractivity contribution in [3.05, 3.63) is 52.7 Å². The molecule has 0 amide bonds. The van der Waals surface area contributed by atoms with E-state index in [0.717, 1.165) is 36.6 Å². The van der Waals surface area contributed by atoms with Gasteiger partial charge in [-0.05, 0) is 38.8 Å². The van der Waals surface area contributed by atoms with Crippen molar-refractivity contribution in [2.45, 2.75) is 49.7 Å². The Bertz CT molecular complexity index is 1470. The Morgan fingerprint density at radius 3 is 2.27 bits per heavy atom. The number of rotatable bonds is 7. The third-order valence-corrected chi connectivity index (χ3v) is 9.78. The molecule has 0 aliphatic carbocycles. The molecule has 1 aromatic carbocycles. The van der Waals surface area contributed by atoms with Crippen molar-refractivity contribution in [3.63, 3.8) is 0 Å². The number of nitrogen functional groups attached to an aromatic ring is 1. The van der Waals surface area contributed by atoms with E-state index in [1.165, 1.54) is 22.8 Å². The second kappa shape index (κ2) is 12.5. The lowest BCUT2D eigenvalue weighted by Crippen LogP contribution is -2.54. The van der Waals surface area contributed by atoms with Gasteiger partial charge in [0.05, 0.1) is 18.0 Å². The molecular formula is C25H31ClF2N8O3S2. The van der Waals surface area contributed by atoms with E-state index in [4.69, 9.17) is 5.73 Å². The van der Waals surface area contributed by atoms with Gasteiger partial charge < -0.3 is 21.3 Å². The molecule has 2 saturated heterocycles. The second-order valence-electron chi connectivity index (χ2n) is 10.1. The highest BCUT2D eigenvalue weighted by molar-refractivity contribution is 7.89. The first kappa shape index (κ1) is 31.0. The van der Waals surface area contributed by atoms with Crippen LogP contribution in [0.25, 0.3) is 0 Å². The molecule has 0 spiro atoms. The predicted octanol–water partition coefficient (Wildman–Crippen LogP) is 2.90. The third-order valence-electron chi connectivity index (χ3n) is 6.92. The fourth-order valence-electron chi connectivity index (χ4n) is 5.04. The van der Waals surface area contributed by atoms with Crippen molar-refractivity contribution in [2.24, 2.45) is 0 Å². The first-order valence-electron chi connectivity index (χ1n) is 12.9. The van der Waals surface area contributed by atoms with Gasteiger partial charge in [-0.25, -0.2) is 32.2 Å². The van der Waals surface area contributed by atoms with E-state index >= 15 is 0 Å². The molecule has 16 heteroatoms. The number of hydrogen-bond donors (Lipinski definition) is 3. The SMILES string of the molecule is CC1CN(c2ncc(S(=O)(=O)N3CCC(Nc4nc(N)c(C(=O)c5c(F)cccc5F)s4)CC3)cn2)CC(C)N1.Cl. The van der Waals surface area contributed by atoms with Crippen LogP contribution in [0.3, 0.4) is 0 Å². The van der Waals surface area contributed by atoms with Gasteiger partial charge in [0.15, 0.2) is 5.13 Å². The number of nitrogens with two attached hydrogens (primary N) is 1. The molecule has 2 aliphatic heterocycles. The highest BCUT2D eigenvalue weighted by Crippen LogP contribution is 2.31. The average molecular weight is 629 g/mol. The number of piperazine rings is 1. The summed E-state index contributed by atoms with van der Waals surface area (Å²) >= 11 is 0.903. The maximum atomic E-state index is 14.1. The van der Waals surface area contributed by atoms with Crippen LogP contribution in [0.15, 0.2) is 35.5 Å². The molecule has 2 unspecified atom stereocenters. The number of halogens is 3. The van der Waals surface area contributed by atoms with Crippen LogP contribution in [0.2, 0.25) is 0 Å². The first-order chi connectivity index (χ1) is 19.0. The van der Waals surface area contributed by atoms with E-state index in [1.54, 1.807) is 0 Å². The molecule has 2 fully saturated rings. The lowest BCUT2D eigenvalue weighted by Gasteiger charge is -2.36. The van der Waals surface area contributed by atoms with Gasteiger partial charge in [0, 0.05) is 44.3 Å². The summed E-state index contributed by atoms with van der Waals surface area (Å²) in [7, 11) is -3.78. The average Bonchev–Trinajstić information content (AvgIpc) is 3.28. The zero-order chi connectivity index (χ0) is 28.6. The minimum Gasteiger partial charge on any atom is -0.382 e. The lowest BCUT2D eigenvalue weighted by molar-refractivity contribution is 0.103. The Labute approximate surface area is 247 Å². The molecule has 0 bridgehead atoms. The maximum absolute atomic E-state index is 14.1. The molecule has 5 rings (SSSR count). The summed E-state index contributed by atoms with van der Waals surface area (Å²) in [5, 5.41) is 6.93. The molecule has 222 valence electrons. The van der Waals surface area contributed by atoms with Gasteiger partial charge in [-0.2, -0.15) is 4.31 Å². The number of benzene rings is 1. The Morgan fingerprint density at radius 2 is 1.68 bits per heavy atom. The lowest BCUT2D eigenvalue weighted by atomic mass is 10.1. The molecule has 2 atom stereocenters. The summed E-state index contributed by atoms with van der Waals surface area (Å²) in [5.74, 6) is -2.47. The van der Waals surface area contributed by atoms with E-state index < -0.39 is 33.0 Å². The quantitative estimate of drug-likeness (QED) is 0.334. The monoisotopic (exact) mass is 628 g/mol. The number of nitrogens with zero attached hydrogens (tertiary/aromatic N) is 5. The number of aromatic nitrogens is 3. The number of sulfonamides is 1. The molecule has 0 radical (unpaired) electrons. The van der Waals surface area contributed by atoms with Crippen molar-refractivity contribution >= 4 is 56.4 Å². The third kappa shape index (κ3) is 6.59. The molecule has 41 heavy (non-hydrogen) atoms. The molecule has 3 aromatic rings. The molecule has 4 heterocycles. The van der Waals surface area contributed by atoms with Crippen molar-refractivity contribution in [1.82, 2.24) is 24.6 Å². The molecule has 0 saturated carbocycles. The minimum atomic E-state index is -3.78. The Kier molecular flexibility index (Phi) is 9.43. The summed E-state index contributed by atoms with van der Waals surface area (Å²) in [4.78, 5) is 27.6. The van der Waals surface area contributed by atoms with Crippen LogP contribution in [-0.4, -0.2) is 77.8 Å². The molecule has 11 nitrogen and oxygen atoms in total. The normalized spacial score (nSPS) is 20.4. The van der Waals surface area contributed by atoms with Gasteiger partial charge >= 0.3 is 0 Å². The fraction of sp³-hybridized carbons (Fsp3) is 0.440. The highest BCUT2D eigenvalue weighted by atomic mass is 35.5. The van der Waals surface area contributed by atoms with Gasteiger partial charge in [0.25, 0.3) is 0 Å². The van der Waals surface area contributed by atoms with Crippen LogP contribution in [0.4, 0.5) is 25.7 Å². The van der Waals surface area contributed by atoms with Gasteiger partial charge in [-0.15, -0.1) is 12.4 Å². The second-order valence-corrected chi connectivity index (χ2v) is 13.0. The topological polar surface area (TPSA) is 146 Å². The first-order valence-corrected chi connectivity index (χ1v) is 15.1. The van der Waals surface area contributed by atoms with E-state index in [9.17, 15) is 22.0 Å². The Balaban J connectivity index is 0.00000387. The number of thiazole rings is 1. The van der Waals surface area contributed by atoms with E-state index in [0.29, 0.717) is 23.9 Å². The van der Waals surface area contributed by atoms with E-state index in [1.807, 2.05) is 4.90 Å². The van der Waals surface area contributed by atoms with Crippen LogP contribution in [0.5, 0.6) is 0 Å². The highest BCUT2D eigenvalue weighted by Gasteiger charge is 2.32. The molecule has 4 N–H and O–H groups in total. The Hall–Kier alpha value is -2.98. The van der Waals surface area contributed by atoms with E-state index in [2.05, 4.69) is 39.4 Å². The summed E-state index contributed by atoms with van der Waals surface area (Å²) in [5.41, 5.74) is 5.20. The number of hydrogen-bond acceptors (Lipinski definition) is 11. The Morgan fingerprint density at radius 1 is 1.10 bits per heavy atom. The minimum absolute atomic E-state index is 0. The number of piperidine rings is 1. The van der Waals surface area contributed by atoms with Crippen LogP contribution in [-0.2, 0) is 10.0 Å². The van der Waals surface area contributed by atoms with Crippen molar-refractivity contribution in [3.8, 4) is 0 Å². The zero-order valence-corrected chi connectivity index (χ0v) is 24.8. The van der Waals surface area contributed by atoms with Crippen molar-refractivity contribution in [2.75, 3.05) is 42.1 Å². The molecular weight excluding hydrogens is 598 g/mol. The summed E-state index contributed by atoms with van der Waals surface area (Å²) in [6.45, 7) is 6.13. The van der Waals surface area contributed by atoms with Gasteiger partial charge in [-0.3, -0.25) is 4.79 Å². The zero-order valence-electron chi connectivity index (χ0n) is 22.4. The van der Waals surface area contributed by atoms with Gasteiger partial charge in [-0.1, -0.05) is 17.4 Å². The van der Waals surface area contributed by atoms with Crippen molar-refractivity contribution < 1.29 is 22.0 Å². The summed E-state index contributed by atoms with van der Waals surface area (Å²) < 4.78 is 56.0. The predicted molar refractivity (Wildman–Crippen MR) is 155 cm³/mol. The van der Waals surface area contributed by atoms with Crippen LogP contribution < -0.4 is 21.3 Å². The summed E-state index contributed by atoms with van der Waals surface area (Å²) in [6.07, 6.45) is 3.65. The van der Waals surface area contributed by atoms with Crippen LogP contribution >= 0.6 is 23.7 Å². The number of carbonyl (C=O) groups is 1. The molecule has 2 aromatic heterocycles. The smallest absolute Gasteiger partial charge is 0.246 e. The summed E-state index contributed by atoms with van der Waals surface area (Å²) in [6, 6.07) is 3.58. The van der Waals surface area contributed by atoms with Crippen LogP contribution in [0.1, 0.15) is 41.9 Å². The number of ketones is 1. The van der Waals surface area contributed by atoms with E-state index in [-0.39, 0.29) is 59.2 Å². The molecule has 2 aliphatic rings. The van der Waals surface area contributed by atoms with Gasteiger partial charge in [0.1, 0.15) is 27.2 Å². The fourth-order valence-corrected chi connectivity index (χ4v) is 7.31. The number of anilines is 3. The van der Waals surface area contributed by atoms with Gasteiger partial charge in [0.2, 0.25) is 21.8 Å². The maximum Gasteiger partial charge on any atom is 0.246 e. The van der Waals surface area contributed by atoms with Crippen molar-refractivity contribution in [1.29, 1.82) is 0 Å². The number of carbonyl (C=O) groups excluding carboxylic acids is 1. The largest absolute Gasteiger partial charge is 0.382 e. The standard InChI is InChI=1S/C25H30F2N8O3S2.ClH/c1-14-12-34(13-15(2)31-14)24-29-10-17(11-30-24)40(37,38)35-8-6-16(7-9-35)32-25-33-23(28)22(39-25)21(36)20-18(26)4-3-5-19(20)27;/h3-5,10-11,14-16,31H,6-9,12-13,28H2,1-2H3,(H,32,33);1H. The van der Waals surface area contributed by atoms with Crippen LogP contribution in [0, 0.1) is 11.6 Å². The number of nitrogens with one attached hydrogen (secondary N) is 2.